The Kier molecular flexibility index (Phi) is 6.52. The first kappa shape index (κ1) is 14.1. The number of nitrogens with zero attached hydrogens (tertiary/aromatic N) is 1. The molecule has 2 rings (SSSR count). The zero-order valence-corrected chi connectivity index (χ0v) is 13.1. The second kappa shape index (κ2) is 7.39. The topological polar surface area (TPSA) is 31.2 Å². The Labute approximate surface area is 130 Å². The summed E-state index contributed by atoms with van der Waals surface area (Å²) in [5, 5.41) is 4.27. The van der Waals surface area contributed by atoms with E-state index in [0.717, 1.165) is 12.8 Å². The van der Waals surface area contributed by atoms with Gasteiger partial charge < -0.3 is 10.1 Å². The molecule has 0 unspecified atom stereocenters. The van der Waals surface area contributed by atoms with Crippen LogP contribution in [-0.4, -0.2) is 11.9 Å². The molecule has 0 heterocycles. The van der Waals surface area contributed by atoms with E-state index in [4.69, 9.17) is 0 Å². The summed E-state index contributed by atoms with van der Waals surface area (Å²) in [6.07, 6.45) is 5.90. The van der Waals surface area contributed by atoms with Gasteiger partial charge in [-0.05, 0) is 5.56 Å². The Morgan fingerprint density at radius 1 is 1.06 bits per heavy atom. The number of rotatable bonds is 2. The molecule has 0 aliphatic heterocycles. The van der Waals surface area contributed by atoms with Crippen LogP contribution >= 0.6 is 0 Å². The second-order valence-corrected chi connectivity index (χ2v) is 4.09. The molecular formula is C13H16NOPr-. The molecule has 3 heteroatoms. The molecule has 16 heavy (non-hydrogen) atoms. The van der Waals surface area contributed by atoms with Crippen LogP contribution in [0.1, 0.15) is 42.5 Å². The average Bonchev–Trinajstić information content (AvgIpc) is 2.31. The van der Waals surface area contributed by atoms with E-state index in [2.05, 4.69) is 5.32 Å². The van der Waals surface area contributed by atoms with Gasteiger partial charge in [-0.1, -0.05) is 62.4 Å². The Bertz CT molecular complexity index is 320. The van der Waals surface area contributed by atoms with Gasteiger partial charge in [-0.3, -0.25) is 0 Å². The summed E-state index contributed by atoms with van der Waals surface area (Å²) in [4.78, 5) is 11.7. The van der Waals surface area contributed by atoms with Gasteiger partial charge in [-0.15, -0.1) is 6.04 Å². The van der Waals surface area contributed by atoms with Crippen LogP contribution in [0, 0.1) is 41.3 Å². The van der Waals surface area contributed by atoms with Crippen LogP contribution in [0.5, 0.6) is 0 Å². The molecule has 1 radical (unpaired) electrons. The zero-order chi connectivity index (χ0) is 10.5. The molecule has 0 saturated heterocycles. The van der Waals surface area contributed by atoms with Gasteiger partial charge in [0.05, 0.1) is 5.91 Å². The van der Waals surface area contributed by atoms with E-state index in [9.17, 15) is 4.79 Å². The molecule has 0 N–H and O–H groups in total. The maximum Gasteiger partial charge on any atom is 0.0822 e. The van der Waals surface area contributed by atoms with E-state index in [0.29, 0.717) is 5.56 Å². The maximum absolute atomic E-state index is 11.7. The van der Waals surface area contributed by atoms with Crippen LogP contribution in [0.4, 0.5) is 0 Å². The first-order valence-corrected chi connectivity index (χ1v) is 5.66. The van der Waals surface area contributed by atoms with Gasteiger partial charge >= 0.3 is 0 Å². The summed E-state index contributed by atoms with van der Waals surface area (Å²) >= 11 is 0. The first-order chi connectivity index (χ1) is 7.36. The minimum atomic E-state index is -0.0532. The van der Waals surface area contributed by atoms with Crippen molar-refractivity contribution in [2.24, 2.45) is 0 Å². The Morgan fingerprint density at radius 3 is 2.31 bits per heavy atom. The van der Waals surface area contributed by atoms with Gasteiger partial charge in [-0.25, -0.2) is 0 Å². The van der Waals surface area contributed by atoms with Crippen molar-refractivity contribution in [2.45, 2.75) is 38.1 Å². The van der Waals surface area contributed by atoms with Crippen molar-refractivity contribution in [3.05, 3.63) is 41.2 Å². The standard InChI is InChI=1S/C13H17NO.Pr/c15-13(11-7-3-1-4-8-11)14-12-9-5-2-6-10-12;/h1,3-4,7-8,12H,2,5-6,9-10H2,(H,14,15);/p-1. The van der Waals surface area contributed by atoms with Crippen LogP contribution in [0.3, 0.4) is 0 Å². The smallest absolute Gasteiger partial charge is 0.0822 e. The average molecular weight is 343 g/mol. The van der Waals surface area contributed by atoms with Crippen molar-refractivity contribution in [3.63, 3.8) is 0 Å². The fourth-order valence-electron chi connectivity index (χ4n) is 2.03. The van der Waals surface area contributed by atoms with Crippen molar-refractivity contribution in [2.75, 3.05) is 0 Å². The Hall–Kier alpha value is 0.0536. The summed E-state index contributed by atoms with van der Waals surface area (Å²) < 4.78 is 0. The molecule has 1 aromatic carbocycles. The number of hydrogen-bond donors (Lipinski definition) is 0. The van der Waals surface area contributed by atoms with Crippen molar-refractivity contribution in [1.29, 1.82) is 0 Å². The van der Waals surface area contributed by atoms with E-state index >= 15 is 0 Å². The van der Waals surface area contributed by atoms with Crippen molar-refractivity contribution in [3.8, 4) is 0 Å². The molecule has 1 amide bonds. The summed E-state index contributed by atoms with van der Waals surface area (Å²) in [6, 6.07) is 9.60. The first-order valence-electron chi connectivity index (χ1n) is 5.66. The molecule has 1 aliphatic carbocycles. The zero-order valence-electron chi connectivity index (χ0n) is 9.43. The van der Waals surface area contributed by atoms with Crippen LogP contribution in [-0.2, 0) is 0 Å². The third-order valence-electron chi connectivity index (χ3n) is 2.90. The minimum absolute atomic E-state index is 0. The van der Waals surface area contributed by atoms with Gasteiger partial charge in [0.15, 0.2) is 0 Å². The SMILES string of the molecule is O=C([N-]C1CCCCC1)c1ccccc1.[Pr]. The molecule has 1 aliphatic rings. The van der Waals surface area contributed by atoms with Gasteiger partial charge in [0, 0.05) is 41.3 Å². The molecule has 1 saturated carbocycles. The predicted molar refractivity (Wildman–Crippen MR) is 61.0 cm³/mol. The summed E-state index contributed by atoms with van der Waals surface area (Å²) in [5.41, 5.74) is 0.711. The summed E-state index contributed by atoms with van der Waals surface area (Å²) in [5.74, 6) is -0.0532. The molecule has 0 aromatic heterocycles. The van der Waals surface area contributed by atoms with E-state index in [1.54, 1.807) is 0 Å². The van der Waals surface area contributed by atoms with Gasteiger partial charge in [-0.2, -0.15) is 0 Å². The van der Waals surface area contributed by atoms with Crippen LogP contribution in [0.15, 0.2) is 30.3 Å². The largest absolute Gasteiger partial charge is 0.646 e. The third-order valence-corrected chi connectivity index (χ3v) is 2.90. The fraction of sp³-hybridized carbons (Fsp3) is 0.462. The maximum atomic E-state index is 11.7. The number of carbonyl (C=O) groups is 1. The van der Waals surface area contributed by atoms with Crippen LogP contribution in [0.2, 0.25) is 0 Å². The summed E-state index contributed by atoms with van der Waals surface area (Å²) in [7, 11) is 0. The molecule has 2 nitrogen and oxygen atoms in total. The molecule has 0 spiro atoms. The minimum Gasteiger partial charge on any atom is -0.646 e. The molecule has 1 fully saturated rings. The van der Waals surface area contributed by atoms with Gasteiger partial charge in [0.25, 0.3) is 0 Å². The summed E-state index contributed by atoms with van der Waals surface area (Å²) in [6.45, 7) is 0. The second-order valence-electron chi connectivity index (χ2n) is 4.09. The monoisotopic (exact) mass is 343 g/mol. The van der Waals surface area contributed by atoms with Gasteiger partial charge in [0.2, 0.25) is 0 Å². The number of carbonyl (C=O) groups excluding carboxylic acids is 1. The van der Waals surface area contributed by atoms with Crippen LogP contribution in [0.25, 0.3) is 5.32 Å². The molecule has 0 atom stereocenters. The van der Waals surface area contributed by atoms with E-state index in [1.165, 1.54) is 19.3 Å². The molecule has 83 valence electrons. The molecular weight excluding hydrogens is 327 g/mol. The number of hydrogen-bond acceptors (Lipinski definition) is 1. The van der Waals surface area contributed by atoms with E-state index in [1.807, 2.05) is 30.3 Å². The quantitative estimate of drug-likeness (QED) is 0.808. The Balaban J connectivity index is 0.00000128. The molecule has 1 aromatic rings. The Morgan fingerprint density at radius 2 is 1.69 bits per heavy atom. The van der Waals surface area contributed by atoms with Crippen molar-refractivity contribution < 1.29 is 46.1 Å². The number of amides is 1. The fourth-order valence-corrected chi connectivity index (χ4v) is 2.03. The van der Waals surface area contributed by atoms with Gasteiger partial charge in [0.1, 0.15) is 0 Å². The van der Waals surface area contributed by atoms with E-state index < -0.39 is 0 Å². The number of benzene rings is 1. The predicted octanol–water partition coefficient (Wildman–Crippen LogP) is 3.53. The molecule has 0 bridgehead atoms. The van der Waals surface area contributed by atoms with Crippen molar-refractivity contribution >= 4 is 5.91 Å². The third kappa shape index (κ3) is 4.14. The van der Waals surface area contributed by atoms with Crippen molar-refractivity contribution in [1.82, 2.24) is 0 Å². The van der Waals surface area contributed by atoms with E-state index in [-0.39, 0.29) is 53.2 Å². The normalized spacial score (nSPS) is 16.2. The van der Waals surface area contributed by atoms with Crippen LogP contribution < -0.4 is 0 Å².